The van der Waals surface area contributed by atoms with E-state index in [-0.39, 0.29) is 0 Å². The summed E-state index contributed by atoms with van der Waals surface area (Å²) in [6.07, 6.45) is 4.11. The predicted molar refractivity (Wildman–Crippen MR) is 76.8 cm³/mol. The molecule has 4 heteroatoms. The predicted octanol–water partition coefficient (Wildman–Crippen LogP) is 3.03. The Balaban J connectivity index is 1.46. The highest BCUT2D eigenvalue weighted by molar-refractivity contribution is 5.30. The van der Waals surface area contributed by atoms with Crippen LogP contribution in [0.3, 0.4) is 0 Å². The van der Waals surface area contributed by atoms with E-state index in [1.165, 1.54) is 18.4 Å². The maximum atomic E-state index is 5.45. The summed E-state index contributed by atoms with van der Waals surface area (Å²) in [7, 11) is 1.70. The number of hydrogen-bond donors (Lipinski definition) is 1. The molecule has 4 nitrogen and oxygen atoms in total. The molecule has 1 aliphatic carbocycles. The van der Waals surface area contributed by atoms with Gasteiger partial charge in [-0.05, 0) is 43.4 Å². The van der Waals surface area contributed by atoms with Crippen molar-refractivity contribution in [3.63, 3.8) is 0 Å². The summed E-state index contributed by atoms with van der Waals surface area (Å²) in [5.41, 5.74) is 1.40. The van der Waals surface area contributed by atoms with Gasteiger partial charge in [-0.3, -0.25) is 0 Å². The molecule has 3 rings (SSSR count). The van der Waals surface area contributed by atoms with Crippen molar-refractivity contribution in [3.05, 3.63) is 47.7 Å². The van der Waals surface area contributed by atoms with Gasteiger partial charge in [-0.15, -0.1) is 0 Å². The summed E-state index contributed by atoms with van der Waals surface area (Å²) >= 11 is 0. The van der Waals surface area contributed by atoms with Crippen LogP contribution in [0.1, 0.15) is 36.0 Å². The van der Waals surface area contributed by atoms with Crippen LogP contribution in [-0.4, -0.2) is 18.1 Å². The van der Waals surface area contributed by atoms with E-state index in [9.17, 15) is 0 Å². The number of oxazole rings is 1. The van der Waals surface area contributed by atoms with Gasteiger partial charge in [0.05, 0.1) is 19.9 Å². The highest BCUT2D eigenvalue weighted by Gasteiger charge is 2.30. The molecule has 1 heterocycles. The first-order valence-corrected chi connectivity index (χ1v) is 7.03. The van der Waals surface area contributed by atoms with Crippen LogP contribution >= 0.6 is 0 Å². The number of nitrogens with zero attached hydrogens (tertiary/aromatic N) is 1. The average molecular weight is 272 g/mol. The van der Waals surface area contributed by atoms with Crippen LogP contribution in [0.4, 0.5) is 0 Å². The van der Waals surface area contributed by atoms with Gasteiger partial charge < -0.3 is 14.5 Å². The monoisotopic (exact) mass is 272 g/mol. The topological polar surface area (TPSA) is 47.3 Å². The Hall–Kier alpha value is -1.81. The van der Waals surface area contributed by atoms with Crippen LogP contribution < -0.4 is 10.1 Å². The van der Waals surface area contributed by atoms with Gasteiger partial charge >= 0.3 is 0 Å². The molecule has 0 radical (unpaired) electrons. The summed E-state index contributed by atoms with van der Waals surface area (Å²) in [5.74, 6) is 3.22. The third kappa shape index (κ3) is 2.85. The smallest absolute Gasteiger partial charge is 0.208 e. The van der Waals surface area contributed by atoms with Gasteiger partial charge in [0.1, 0.15) is 11.5 Å². The zero-order valence-electron chi connectivity index (χ0n) is 11.9. The molecule has 0 amide bonds. The fourth-order valence-electron chi connectivity index (χ4n) is 2.65. The third-order valence-electron chi connectivity index (χ3n) is 3.94. The van der Waals surface area contributed by atoms with Gasteiger partial charge in [-0.1, -0.05) is 12.1 Å². The van der Waals surface area contributed by atoms with E-state index in [4.69, 9.17) is 9.15 Å². The van der Waals surface area contributed by atoms with Crippen LogP contribution in [-0.2, 0) is 6.54 Å². The molecular weight excluding hydrogens is 252 g/mol. The zero-order chi connectivity index (χ0) is 13.9. The van der Waals surface area contributed by atoms with Crippen molar-refractivity contribution in [1.82, 2.24) is 10.3 Å². The van der Waals surface area contributed by atoms with Crippen molar-refractivity contribution in [1.29, 1.82) is 0 Å². The molecule has 1 fully saturated rings. The number of aryl methyl sites for hydroxylation is 1. The van der Waals surface area contributed by atoms with Gasteiger partial charge in [0.15, 0.2) is 0 Å². The first-order chi connectivity index (χ1) is 9.74. The first-order valence-electron chi connectivity index (χ1n) is 7.03. The van der Waals surface area contributed by atoms with E-state index in [1.54, 1.807) is 13.3 Å². The molecule has 106 valence electrons. The van der Waals surface area contributed by atoms with Crippen molar-refractivity contribution in [2.24, 2.45) is 0 Å². The van der Waals surface area contributed by atoms with Gasteiger partial charge in [-0.25, -0.2) is 4.98 Å². The number of benzene rings is 1. The summed E-state index contributed by atoms with van der Waals surface area (Å²) in [6.45, 7) is 2.63. The van der Waals surface area contributed by atoms with Crippen molar-refractivity contribution < 1.29 is 9.15 Å². The highest BCUT2D eigenvalue weighted by Crippen LogP contribution is 2.37. The quantitative estimate of drug-likeness (QED) is 0.909. The second kappa shape index (κ2) is 5.67. The normalized spacial score (nSPS) is 21.5. The molecule has 0 spiro atoms. The van der Waals surface area contributed by atoms with Gasteiger partial charge in [0.2, 0.25) is 5.89 Å². The molecule has 0 bridgehead atoms. The molecule has 0 unspecified atom stereocenters. The van der Waals surface area contributed by atoms with E-state index in [2.05, 4.69) is 22.4 Å². The molecule has 1 aliphatic rings. The lowest BCUT2D eigenvalue weighted by Gasteiger charge is -2.36. The zero-order valence-corrected chi connectivity index (χ0v) is 11.9. The Kier molecular flexibility index (Phi) is 3.74. The molecule has 1 aromatic heterocycles. The Morgan fingerprint density at radius 3 is 2.65 bits per heavy atom. The van der Waals surface area contributed by atoms with E-state index in [1.807, 2.05) is 19.1 Å². The summed E-state index contributed by atoms with van der Waals surface area (Å²) in [4.78, 5) is 4.20. The number of hydrogen-bond acceptors (Lipinski definition) is 4. The lowest BCUT2D eigenvalue weighted by Crippen LogP contribution is -2.39. The minimum Gasteiger partial charge on any atom is -0.497 e. The molecule has 1 aromatic carbocycles. The lowest BCUT2D eigenvalue weighted by molar-refractivity contribution is 0.278. The number of nitrogens with one attached hydrogen (secondary N) is 1. The van der Waals surface area contributed by atoms with Crippen LogP contribution in [0.15, 0.2) is 34.9 Å². The molecule has 0 atom stereocenters. The lowest BCUT2D eigenvalue weighted by atomic mass is 9.76. The van der Waals surface area contributed by atoms with Crippen molar-refractivity contribution in [2.45, 2.75) is 38.3 Å². The molecule has 1 N–H and O–H groups in total. The van der Waals surface area contributed by atoms with Crippen LogP contribution in [0.5, 0.6) is 5.75 Å². The average Bonchev–Trinajstić information content (AvgIpc) is 2.83. The Morgan fingerprint density at radius 2 is 2.05 bits per heavy atom. The summed E-state index contributed by atoms with van der Waals surface area (Å²) in [5, 5.41) is 3.49. The SMILES string of the molecule is COc1ccc(C2CC(NCc3ncc(C)o3)C2)cc1. The first kappa shape index (κ1) is 13.2. The highest BCUT2D eigenvalue weighted by atomic mass is 16.5. The third-order valence-corrected chi connectivity index (χ3v) is 3.94. The van der Waals surface area contributed by atoms with Gasteiger partial charge in [0.25, 0.3) is 0 Å². The summed E-state index contributed by atoms with van der Waals surface area (Å²) < 4.78 is 10.6. The van der Waals surface area contributed by atoms with Crippen LogP contribution in [0.25, 0.3) is 0 Å². The Morgan fingerprint density at radius 1 is 1.30 bits per heavy atom. The minimum atomic E-state index is 0.564. The summed E-state index contributed by atoms with van der Waals surface area (Å²) in [6, 6.07) is 8.96. The van der Waals surface area contributed by atoms with Gasteiger partial charge in [-0.2, -0.15) is 0 Å². The van der Waals surface area contributed by atoms with Crippen molar-refractivity contribution in [3.8, 4) is 5.75 Å². The fraction of sp³-hybridized carbons (Fsp3) is 0.438. The standard InChI is InChI=1S/C16H20N2O2/c1-11-9-18-16(20-11)10-17-14-7-13(8-14)12-3-5-15(19-2)6-4-12/h3-6,9,13-14,17H,7-8,10H2,1-2H3. The number of aromatic nitrogens is 1. The Bertz CT molecular complexity index is 556. The van der Waals surface area contributed by atoms with Crippen LogP contribution in [0, 0.1) is 6.92 Å². The molecule has 20 heavy (non-hydrogen) atoms. The molecular formula is C16H20N2O2. The van der Waals surface area contributed by atoms with E-state index >= 15 is 0 Å². The van der Waals surface area contributed by atoms with E-state index in [0.717, 1.165) is 17.4 Å². The second-order valence-electron chi connectivity index (χ2n) is 5.38. The Labute approximate surface area is 119 Å². The second-order valence-corrected chi connectivity index (χ2v) is 5.38. The van der Waals surface area contributed by atoms with E-state index in [0.29, 0.717) is 18.5 Å². The number of ether oxygens (including phenoxy) is 1. The molecule has 0 aliphatic heterocycles. The molecule has 0 saturated heterocycles. The van der Waals surface area contributed by atoms with Crippen molar-refractivity contribution in [2.75, 3.05) is 7.11 Å². The number of rotatable bonds is 5. The maximum absolute atomic E-state index is 5.45. The maximum Gasteiger partial charge on any atom is 0.208 e. The minimum absolute atomic E-state index is 0.564. The van der Waals surface area contributed by atoms with Crippen molar-refractivity contribution >= 4 is 0 Å². The number of methoxy groups -OCH3 is 1. The van der Waals surface area contributed by atoms with E-state index < -0.39 is 0 Å². The van der Waals surface area contributed by atoms with Gasteiger partial charge in [0, 0.05) is 6.04 Å². The molecule has 2 aromatic rings. The largest absolute Gasteiger partial charge is 0.497 e. The van der Waals surface area contributed by atoms with Crippen LogP contribution in [0.2, 0.25) is 0 Å². The fourth-order valence-corrected chi connectivity index (χ4v) is 2.65. The molecule has 1 saturated carbocycles.